The van der Waals surface area contributed by atoms with Gasteiger partial charge in [-0.1, -0.05) is 19.8 Å². The van der Waals surface area contributed by atoms with Crippen molar-refractivity contribution in [2.24, 2.45) is 17.8 Å². The highest BCUT2D eigenvalue weighted by molar-refractivity contribution is 7.86. The molecule has 3 rings (SSSR count). The summed E-state index contributed by atoms with van der Waals surface area (Å²) in [5.74, 6) is 1.57. The lowest BCUT2D eigenvalue weighted by Gasteiger charge is -2.38. The monoisotopic (exact) mass is 416 g/mol. The minimum atomic E-state index is -4.17. The summed E-state index contributed by atoms with van der Waals surface area (Å²) in [5.41, 5.74) is 0. The van der Waals surface area contributed by atoms with Crippen molar-refractivity contribution in [3.05, 3.63) is 0 Å². The molecule has 0 spiro atoms. The van der Waals surface area contributed by atoms with E-state index in [4.69, 9.17) is 9.47 Å². The third-order valence-electron chi connectivity index (χ3n) is 7.26. The van der Waals surface area contributed by atoms with E-state index >= 15 is 0 Å². The molecule has 7 heteroatoms. The van der Waals surface area contributed by atoms with Crippen LogP contribution < -0.4 is 0 Å². The van der Waals surface area contributed by atoms with Crippen LogP contribution in [0.2, 0.25) is 0 Å². The SMILES string of the molecule is COC1CCC(OC2CCC(C(=O)C3CCC(C)CC3)CC2)C(S(=O)(=O)O)C1. The van der Waals surface area contributed by atoms with Crippen molar-refractivity contribution in [1.29, 1.82) is 0 Å². The second-order valence-corrected chi connectivity index (χ2v) is 10.9. The lowest BCUT2D eigenvalue weighted by molar-refractivity contribution is -0.131. The second-order valence-electron chi connectivity index (χ2n) is 9.23. The van der Waals surface area contributed by atoms with Crippen molar-refractivity contribution in [2.75, 3.05) is 7.11 Å². The highest BCUT2D eigenvalue weighted by Crippen LogP contribution is 2.37. The van der Waals surface area contributed by atoms with E-state index in [1.54, 1.807) is 7.11 Å². The van der Waals surface area contributed by atoms with E-state index < -0.39 is 21.5 Å². The zero-order valence-electron chi connectivity index (χ0n) is 17.2. The fraction of sp³-hybridized carbons (Fsp3) is 0.952. The molecular formula is C21H36O6S. The Morgan fingerprint density at radius 2 is 1.39 bits per heavy atom. The molecule has 28 heavy (non-hydrogen) atoms. The van der Waals surface area contributed by atoms with E-state index in [1.807, 2.05) is 0 Å². The summed E-state index contributed by atoms with van der Waals surface area (Å²) in [5, 5.41) is -0.921. The van der Waals surface area contributed by atoms with Gasteiger partial charge in [0.1, 0.15) is 11.0 Å². The summed E-state index contributed by atoms with van der Waals surface area (Å²) < 4.78 is 44.7. The molecule has 0 aromatic rings. The first-order chi connectivity index (χ1) is 13.3. The van der Waals surface area contributed by atoms with E-state index in [2.05, 4.69) is 6.92 Å². The molecule has 3 aliphatic rings. The van der Waals surface area contributed by atoms with Crippen molar-refractivity contribution in [2.45, 2.75) is 101 Å². The molecular weight excluding hydrogens is 380 g/mol. The molecule has 0 aliphatic heterocycles. The standard InChI is InChI=1S/C21H36O6S/c1-14-3-5-15(6-4-14)21(22)16-7-9-17(10-8-16)27-19-12-11-18(26-2)13-20(19)28(23,24)25/h14-20H,3-13H2,1-2H3,(H,23,24,25). The predicted molar refractivity (Wildman–Crippen MR) is 107 cm³/mol. The van der Waals surface area contributed by atoms with Gasteiger partial charge in [0.05, 0.1) is 18.3 Å². The van der Waals surface area contributed by atoms with E-state index in [-0.39, 0.29) is 30.5 Å². The Labute approximate surface area is 169 Å². The van der Waals surface area contributed by atoms with Gasteiger partial charge in [0.25, 0.3) is 10.1 Å². The third kappa shape index (κ3) is 5.55. The first-order valence-electron chi connectivity index (χ1n) is 11.0. The van der Waals surface area contributed by atoms with Gasteiger partial charge in [-0.25, -0.2) is 0 Å². The topological polar surface area (TPSA) is 89.9 Å². The lowest BCUT2D eigenvalue weighted by Crippen LogP contribution is -2.45. The molecule has 0 bridgehead atoms. The fourth-order valence-corrected chi connectivity index (χ4v) is 6.40. The number of hydrogen-bond acceptors (Lipinski definition) is 5. The molecule has 0 aromatic carbocycles. The number of carbonyl (C=O) groups is 1. The van der Waals surface area contributed by atoms with Gasteiger partial charge in [0, 0.05) is 18.9 Å². The zero-order chi connectivity index (χ0) is 20.3. The molecule has 0 radical (unpaired) electrons. The van der Waals surface area contributed by atoms with Crippen LogP contribution in [0, 0.1) is 17.8 Å². The lowest BCUT2D eigenvalue weighted by atomic mass is 9.74. The first kappa shape index (κ1) is 22.2. The molecule has 3 aliphatic carbocycles. The van der Waals surface area contributed by atoms with E-state index in [9.17, 15) is 17.8 Å². The minimum absolute atomic E-state index is 0.0243. The number of rotatable bonds is 6. The molecule has 1 N–H and O–H groups in total. The summed E-state index contributed by atoms with van der Waals surface area (Å²) >= 11 is 0. The van der Waals surface area contributed by atoms with Crippen LogP contribution >= 0.6 is 0 Å². The normalized spacial score (nSPS) is 40.2. The molecule has 0 amide bonds. The van der Waals surface area contributed by atoms with Gasteiger partial charge in [-0.3, -0.25) is 9.35 Å². The molecule has 0 aromatic heterocycles. The largest absolute Gasteiger partial charge is 0.381 e. The van der Waals surface area contributed by atoms with Crippen molar-refractivity contribution in [1.82, 2.24) is 0 Å². The van der Waals surface area contributed by atoms with Gasteiger partial charge in [-0.2, -0.15) is 8.42 Å². The van der Waals surface area contributed by atoms with E-state index in [0.29, 0.717) is 12.2 Å². The zero-order valence-corrected chi connectivity index (χ0v) is 18.0. The van der Waals surface area contributed by atoms with Gasteiger partial charge in [-0.05, 0) is 63.7 Å². The molecule has 3 atom stereocenters. The average Bonchev–Trinajstić information content (AvgIpc) is 2.68. The Hall–Kier alpha value is -0.500. The molecule has 0 heterocycles. The fourth-order valence-electron chi connectivity index (χ4n) is 5.36. The van der Waals surface area contributed by atoms with E-state index in [1.165, 1.54) is 0 Å². The number of hydrogen-bond donors (Lipinski definition) is 1. The van der Waals surface area contributed by atoms with Crippen LogP contribution in [0.4, 0.5) is 0 Å². The van der Waals surface area contributed by atoms with Gasteiger partial charge < -0.3 is 9.47 Å². The Kier molecular flexibility index (Phi) is 7.56. The molecule has 3 fully saturated rings. The maximum atomic E-state index is 12.8. The van der Waals surface area contributed by atoms with Crippen LogP contribution in [-0.4, -0.2) is 49.4 Å². The average molecular weight is 417 g/mol. The van der Waals surface area contributed by atoms with Crippen molar-refractivity contribution < 1.29 is 27.2 Å². The van der Waals surface area contributed by atoms with Gasteiger partial charge in [0.15, 0.2) is 0 Å². The molecule has 3 saturated carbocycles. The van der Waals surface area contributed by atoms with Crippen molar-refractivity contribution in [3.8, 4) is 0 Å². The number of carbonyl (C=O) groups excluding carboxylic acids is 1. The molecule has 6 nitrogen and oxygen atoms in total. The highest BCUT2D eigenvalue weighted by atomic mass is 32.2. The van der Waals surface area contributed by atoms with Gasteiger partial charge in [-0.15, -0.1) is 0 Å². The van der Waals surface area contributed by atoms with Crippen molar-refractivity contribution >= 4 is 15.9 Å². The Morgan fingerprint density at radius 1 is 0.857 bits per heavy atom. The minimum Gasteiger partial charge on any atom is -0.381 e. The first-order valence-corrected chi connectivity index (χ1v) is 12.5. The Morgan fingerprint density at radius 3 is 1.93 bits per heavy atom. The quantitative estimate of drug-likeness (QED) is 0.663. The maximum Gasteiger partial charge on any atom is 0.270 e. The van der Waals surface area contributed by atoms with Crippen LogP contribution in [0.3, 0.4) is 0 Å². The maximum absolute atomic E-state index is 12.8. The number of ketones is 1. The third-order valence-corrected chi connectivity index (χ3v) is 8.52. The number of Topliss-reactive ketones (excluding diaryl/α,β-unsaturated/α-hetero) is 1. The smallest absolute Gasteiger partial charge is 0.270 e. The van der Waals surface area contributed by atoms with Crippen LogP contribution in [-0.2, 0) is 24.4 Å². The van der Waals surface area contributed by atoms with Crippen LogP contribution in [0.5, 0.6) is 0 Å². The molecule has 162 valence electrons. The summed E-state index contributed by atoms with van der Waals surface area (Å²) in [7, 11) is -2.60. The van der Waals surface area contributed by atoms with Gasteiger partial charge >= 0.3 is 0 Å². The van der Waals surface area contributed by atoms with Crippen LogP contribution in [0.25, 0.3) is 0 Å². The van der Waals surface area contributed by atoms with E-state index in [0.717, 1.165) is 63.7 Å². The summed E-state index contributed by atoms with van der Waals surface area (Å²) in [6, 6.07) is 0. The Bertz CT molecular complexity index is 617. The molecule has 0 saturated heterocycles. The summed E-state index contributed by atoms with van der Waals surface area (Å²) in [6.45, 7) is 2.27. The summed E-state index contributed by atoms with van der Waals surface area (Å²) in [6.07, 6.45) is 8.57. The molecule has 3 unspecified atom stereocenters. The second kappa shape index (κ2) is 9.54. The number of methoxy groups -OCH3 is 1. The summed E-state index contributed by atoms with van der Waals surface area (Å²) in [4.78, 5) is 12.8. The van der Waals surface area contributed by atoms with Crippen LogP contribution in [0.1, 0.15) is 77.6 Å². The number of ether oxygens (including phenoxy) is 2. The van der Waals surface area contributed by atoms with Crippen LogP contribution in [0.15, 0.2) is 0 Å². The highest BCUT2D eigenvalue weighted by Gasteiger charge is 2.41. The predicted octanol–water partition coefficient (Wildman–Crippen LogP) is 3.78. The Balaban J connectivity index is 1.50. The van der Waals surface area contributed by atoms with Crippen molar-refractivity contribution in [3.63, 3.8) is 0 Å². The van der Waals surface area contributed by atoms with Gasteiger partial charge in [0.2, 0.25) is 0 Å².